The predicted octanol–water partition coefficient (Wildman–Crippen LogP) is 6.20. The summed E-state index contributed by atoms with van der Waals surface area (Å²) in [5.74, 6) is 1.09. The maximum atomic E-state index is 14.2. The molecule has 2 aromatic heterocycles. The number of likely N-dealkylation sites (tertiary alicyclic amines) is 1. The molecule has 0 radical (unpaired) electrons. The average molecular weight is 570 g/mol. The third kappa shape index (κ3) is 4.95. The van der Waals surface area contributed by atoms with Gasteiger partial charge in [0.05, 0.1) is 29.2 Å². The molecule has 0 atom stereocenters. The molecular weight excluding hydrogens is 538 g/mol. The molecule has 0 bridgehead atoms. The number of aromatic nitrogens is 3. The van der Waals surface area contributed by atoms with Crippen molar-refractivity contribution in [2.45, 2.75) is 25.2 Å². The zero-order chi connectivity index (χ0) is 29.4. The lowest BCUT2D eigenvalue weighted by Gasteiger charge is -2.40. The monoisotopic (exact) mass is 569 g/mol. The third-order valence-electron chi connectivity index (χ3n) is 8.56. The highest BCUT2D eigenvalue weighted by molar-refractivity contribution is 6.09. The minimum Gasteiger partial charge on any atom is -0.457 e. The maximum Gasteiger partial charge on any atom is 0.262 e. The lowest BCUT2D eigenvalue weighted by molar-refractivity contribution is 0.0670. The molecular formula is C35H31N5O3. The largest absolute Gasteiger partial charge is 0.457 e. The van der Waals surface area contributed by atoms with Crippen LogP contribution >= 0.6 is 0 Å². The Hall–Kier alpha value is -5.24. The van der Waals surface area contributed by atoms with Crippen LogP contribution in [-0.2, 0) is 5.41 Å². The molecule has 0 unspecified atom stereocenters. The fraction of sp³-hybridized carbons (Fsp3) is 0.200. The third-order valence-corrected chi connectivity index (χ3v) is 8.56. The number of pyridine rings is 1. The highest BCUT2D eigenvalue weighted by Crippen LogP contribution is 2.48. The molecule has 2 amide bonds. The van der Waals surface area contributed by atoms with Gasteiger partial charge in [0.25, 0.3) is 11.8 Å². The van der Waals surface area contributed by atoms with E-state index >= 15 is 0 Å². The fourth-order valence-electron chi connectivity index (χ4n) is 6.27. The van der Waals surface area contributed by atoms with Gasteiger partial charge in [-0.25, -0.2) is 4.68 Å². The van der Waals surface area contributed by atoms with Crippen molar-refractivity contribution in [3.63, 3.8) is 0 Å². The Bertz CT molecular complexity index is 1790. The summed E-state index contributed by atoms with van der Waals surface area (Å²) in [6.07, 6.45) is 8.31. The summed E-state index contributed by atoms with van der Waals surface area (Å²) in [7, 11) is 0. The van der Waals surface area contributed by atoms with Crippen LogP contribution in [0.4, 0.5) is 5.69 Å². The van der Waals surface area contributed by atoms with E-state index in [0.29, 0.717) is 42.3 Å². The van der Waals surface area contributed by atoms with Crippen molar-refractivity contribution in [2.24, 2.45) is 0 Å². The summed E-state index contributed by atoms with van der Waals surface area (Å²) in [4.78, 5) is 35.6. The molecule has 8 nitrogen and oxygen atoms in total. The maximum absolute atomic E-state index is 14.2. The number of carbonyl (C=O) groups is 2. The molecule has 0 saturated carbocycles. The topological polar surface area (TPSA) is 80.6 Å². The average Bonchev–Trinajstić information content (AvgIpc) is 3.66. The van der Waals surface area contributed by atoms with Crippen LogP contribution in [0.2, 0.25) is 0 Å². The molecule has 1 saturated heterocycles. The van der Waals surface area contributed by atoms with Crippen molar-refractivity contribution in [3.05, 3.63) is 132 Å². The number of carbonyl (C=O) groups excluding carboxylic acids is 2. The Morgan fingerprint density at radius 2 is 1.65 bits per heavy atom. The SMILES string of the molecule is Cc1ccc2c(c1)C1(CCN(C(=O)c3cnn(-c4cccnc4)c3)CC1)CN2C(=O)c1ccccc1Oc1ccccc1. The van der Waals surface area contributed by atoms with E-state index in [1.807, 2.05) is 76.5 Å². The number of para-hydroxylation sites is 2. The molecule has 4 heterocycles. The van der Waals surface area contributed by atoms with E-state index in [9.17, 15) is 9.59 Å². The zero-order valence-corrected chi connectivity index (χ0v) is 23.9. The molecule has 214 valence electrons. The van der Waals surface area contributed by atoms with Crippen LogP contribution in [0.5, 0.6) is 11.5 Å². The number of hydrogen-bond donors (Lipinski definition) is 0. The van der Waals surface area contributed by atoms with Crippen LogP contribution in [-0.4, -0.2) is 51.1 Å². The molecule has 7 rings (SSSR count). The summed E-state index contributed by atoms with van der Waals surface area (Å²) >= 11 is 0. The van der Waals surface area contributed by atoms with Gasteiger partial charge in [0, 0.05) is 43.1 Å². The van der Waals surface area contributed by atoms with Crippen molar-refractivity contribution in [3.8, 4) is 17.2 Å². The number of piperidine rings is 1. The van der Waals surface area contributed by atoms with Crippen LogP contribution in [0.25, 0.3) is 5.69 Å². The van der Waals surface area contributed by atoms with Gasteiger partial charge in [0.1, 0.15) is 11.5 Å². The molecule has 2 aliphatic heterocycles. The molecule has 0 N–H and O–H groups in total. The molecule has 43 heavy (non-hydrogen) atoms. The van der Waals surface area contributed by atoms with Crippen LogP contribution in [0, 0.1) is 6.92 Å². The fourth-order valence-corrected chi connectivity index (χ4v) is 6.27. The number of rotatable bonds is 5. The van der Waals surface area contributed by atoms with Crippen molar-refractivity contribution in [1.82, 2.24) is 19.7 Å². The van der Waals surface area contributed by atoms with Crippen molar-refractivity contribution in [1.29, 1.82) is 0 Å². The first-order valence-corrected chi connectivity index (χ1v) is 14.5. The summed E-state index contributed by atoms with van der Waals surface area (Å²) in [6, 6.07) is 27.0. The smallest absolute Gasteiger partial charge is 0.262 e. The van der Waals surface area contributed by atoms with E-state index in [0.717, 1.165) is 29.8 Å². The second kappa shape index (κ2) is 10.9. The highest BCUT2D eigenvalue weighted by Gasteiger charge is 2.47. The van der Waals surface area contributed by atoms with E-state index in [2.05, 4.69) is 35.2 Å². The zero-order valence-electron chi connectivity index (χ0n) is 23.9. The van der Waals surface area contributed by atoms with Crippen LogP contribution in [0.1, 0.15) is 44.7 Å². The van der Waals surface area contributed by atoms with Crippen molar-refractivity contribution < 1.29 is 14.3 Å². The van der Waals surface area contributed by atoms with E-state index in [4.69, 9.17) is 4.74 Å². The summed E-state index contributed by atoms with van der Waals surface area (Å²) in [5, 5.41) is 4.38. The van der Waals surface area contributed by atoms with Gasteiger partial charge in [0.2, 0.25) is 0 Å². The standard InChI is InChI=1S/C35H31N5O3/c1-25-13-14-31-30(20-25)35(24-39(31)34(42)29-11-5-6-12-32(29)43-28-9-3-2-4-10-28)15-18-38(19-16-35)33(41)26-21-37-40(23-26)27-8-7-17-36-22-27/h2-14,17,20-23H,15-16,18-19,24H2,1H3. The lowest BCUT2D eigenvalue weighted by Crippen LogP contribution is -2.47. The van der Waals surface area contributed by atoms with E-state index in [-0.39, 0.29) is 17.2 Å². The van der Waals surface area contributed by atoms with Gasteiger partial charge in [-0.3, -0.25) is 14.6 Å². The molecule has 3 aromatic carbocycles. The molecule has 2 aliphatic rings. The van der Waals surface area contributed by atoms with Crippen LogP contribution in [0.15, 0.2) is 110 Å². The van der Waals surface area contributed by atoms with Crippen LogP contribution in [0.3, 0.4) is 0 Å². The molecule has 0 aliphatic carbocycles. The minimum atomic E-state index is -0.233. The first-order chi connectivity index (χ1) is 21.0. The quantitative estimate of drug-likeness (QED) is 0.252. The molecule has 1 spiro atoms. The van der Waals surface area contributed by atoms with Gasteiger partial charge >= 0.3 is 0 Å². The van der Waals surface area contributed by atoms with E-state index in [1.54, 1.807) is 29.5 Å². The van der Waals surface area contributed by atoms with Crippen LogP contribution < -0.4 is 9.64 Å². The van der Waals surface area contributed by atoms with E-state index < -0.39 is 0 Å². The van der Waals surface area contributed by atoms with Crippen molar-refractivity contribution >= 4 is 17.5 Å². The molecule has 8 heteroatoms. The summed E-state index contributed by atoms with van der Waals surface area (Å²) < 4.78 is 7.82. The molecule has 1 fully saturated rings. The lowest BCUT2D eigenvalue weighted by atomic mass is 9.74. The van der Waals surface area contributed by atoms with Gasteiger partial charge < -0.3 is 14.5 Å². The number of fused-ring (bicyclic) bond motifs is 2. The number of aryl methyl sites for hydroxylation is 1. The van der Waals surface area contributed by atoms with Gasteiger partial charge in [0.15, 0.2) is 0 Å². The predicted molar refractivity (Wildman–Crippen MR) is 164 cm³/mol. The van der Waals surface area contributed by atoms with Gasteiger partial charge in [-0.05, 0) is 67.8 Å². The summed E-state index contributed by atoms with van der Waals surface area (Å²) in [5.41, 5.74) is 4.91. The normalized spacial score (nSPS) is 15.4. The highest BCUT2D eigenvalue weighted by atomic mass is 16.5. The summed E-state index contributed by atoms with van der Waals surface area (Å²) in [6.45, 7) is 3.84. The number of hydrogen-bond acceptors (Lipinski definition) is 5. The second-order valence-corrected chi connectivity index (χ2v) is 11.3. The number of benzene rings is 3. The van der Waals surface area contributed by atoms with Gasteiger partial charge in [-0.1, -0.05) is 48.0 Å². The Labute approximate surface area is 250 Å². The Balaban J connectivity index is 1.12. The second-order valence-electron chi connectivity index (χ2n) is 11.3. The van der Waals surface area contributed by atoms with E-state index in [1.165, 1.54) is 5.56 Å². The number of ether oxygens (including phenoxy) is 1. The minimum absolute atomic E-state index is 0.0348. The first-order valence-electron chi connectivity index (χ1n) is 14.5. The first kappa shape index (κ1) is 26.6. The van der Waals surface area contributed by atoms with Gasteiger partial charge in [-0.2, -0.15) is 5.10 Å². The number of amides is 2. The Morgan fingerprint density at radius 3 is 2.44 bits per heavy atom. The number of anilines is 1. The molecule has 5 aromatic rings. The van der Waals surface area contributed by atoms with Gasteiger partial charge in [-0.15, -0.1) is 0 Å². The Kier molecular flexibility index (Phi) is 6.74. The van der Waals surface area contributed by atoms with Crippen molar-refractivity contribution in [2.75, 3.05) is 24.5 Å². The Morgan fingerprint density at radius 1 is 0.860 bits per heavy atom. The number of nitrogens with zero attached hydrogens (tertiary/aromatic N) is 5.